The summed E-state index contributed by atoms with van der Waals surface area (Å²) < 4.78 is 4.95. The fraction of sp³-hybridized carbons (Fsp3) is 0.286. The zero-order valence-electron chi connectivity index (χ0n) is 5.26. The molecule has 0 amide bonds. The number of methoxy groups -OCH3 is 1. The SMILES string of the molecule is COC1=CCC(=S)C=C1. The molecule has 9 heavy (non-hydrogen) atoms. The van der Waals surface area contributed by atoms with Gasteiger partial charge in [0.05, 0.1) is 7.11 Å². The number of rotatable bonds is 1. The van der Waals surface area contributed by atoms with Gasteiger partial charge in [0.25, 0.3) is 0 Å². The minimum Gasteiger partial charge on any atom is -0.497 e. The number of hydrogen-bond acceptors (Lipinski definition) is 2. The average molecular weight is 140 g/mol. The zero-order valence-corrected chi connectivity index (χ0v) is 6.07. The van der Waals surface area contributed by atoms with E-state index in [4.69, 9.17) is 17.0 Å². The summed E-state index contributed by atoms with van der Waals surface area (Å²) in [5, 5.41) is 0. The smallest absolute Gasteiger partial charge is 0.115 e. The Bertz CT molecular complexity index is 179. The van der Waals surface area contributed by atoms with E-state index in [9.17, 15) is 0 Å². The number of allylic oxidation sites excluding steroid dienone is 3. The fourth-order valence-electron chi connectivity index (χ4n) is 0.664. The van der Waals surface area contributed by atoms with Crippen LogP contribution in [0.1, 0.15) is 6.42 Å². The molecule has 0 saturated carbocycles. The van der Waals surface area contributed by atoms with Crippen molar-refractivity contribution in [2.45, 2.75) is 6.42 Å². The molecular weight excluding hydrogens is 132 g/mol. The van der Waals surface area contributed by atoms with Gasteiger partial charge in [-0.2, -0.15) is 0 Å². The summed E-state index contributed by atoms with van der Waals surface area (Å²) >= 11 is 4.92. The standard InChI is InChI=1S/C7H8OS/c1-8-6-2-4-7(9)5-3-6/h2-4H,5H2,1H3. The third-order valence-electron chi connectivity index (χ3n) is 1.17. The summed E-state index contributed by atoms with van der Waals surface area (Å²) in [7, 11) is 1.66. The van der Waals surface area contributed by atoms with Crippen LogP contribution < -0.4 is 0 Å². The first-order chi connectivity index (χ1) is 4.33. The van der Waals surface area contributed by atoms with Crippen LogP contribution in [0.4, 0.5) is 0 Å². The minimum atomic E-state index is 0.842. The van der Waals surface area contributed by atoms with E-state index in [1.165, 1.54) is 0 Å². The molecule has 0 atom stereocenters. The Morgan fingerprint density at radius 1 is 1.56 bits per heavy atom. The Kier molecular flexibility index (Phi) is 2.01. The molecule has 1 aliphatic rings. The average Bonchev–Trinajstić information content (AvgIpc) is 1.90. The molecule has 0 radical (unpaired) electrons. The van der Waals surface area contributed by atoms with E-state index in [0.29, 0.717) is 0 Å². The van der Waals surface area contributed by atoms with Crippen molar-refractivity contribution in [3.8, 4) is 0 Å². The normalized spacial score (nSPS) is 17.4. The molecule has 0 aromatic rings. The molecule has 0 aromatic carbocycles. The number of ether oxygens (including phenoxy) is 1. The summed E-state index contributed by atoms with van der Waals surface area (Å²) in [6.07, 6.45) is 6.59. The number of thiocarbonyl (C=S) groups is 1. The van der Waals surface area contributed by atoms with Crippen molar-refractivity contribution in [2.24, 2.45) is 0 Å². The van der Waals surface area contributed by atoms with Gasteiger partial charge in [0.2, 0.25) is 0 Å². The Morgan fingerprint density at radius 2 is 2.33 bits per heavy atom. The van der Waals surface area contributed by atoms with Crippen LogP contribution in [-0.4, -0.2) is 12.0 Å². The highest BCUT2D eigenvalue weighted by Crippen LogP contribution is 2.07. The van der Waals surface area contributed by atoms with Crippen molar-refractivity contribution in [2.75, 3.05) is 7.11 Å². The molecule has 0 fully saturated rings. The summed E-state index contributed by atoms with van der Waals surface area (Å²) in [4.78, 5) is 0.968. The van der Waals surface area contributed by atoms with Gasteiger partial charge in [-0.15, -0.1) is 0 Å². The lowest BCUT2D eigenvalue weighted by molar-refractivity contribution is 0.305. The van der Waals surface area contributed by atoms with Gasteiger partial charge in [0.15, 0.2) is 0 Å². The highest BCUT2D eigenvalue weighted by Gasteiger charge is 1.97. The van der Waals surface area contributed by atoms with E-state index in [-0.39, 0.29) is 0 Å². The lowest BCUT2D eigenvalue weighted by Crippen LogP contribution is -1.94. The minimum absolute atomic E-state index is 0.842. The summed E-state index contributed by atoms with van der Waals surface area (Å²) in [6.45, 7) is 0. The molecule has 0 saturated heterocycles. The van der Waals surface area contributed by atoms with Gasteiger partial charge < -0.3 is 4.74 Å². The van der Waals surface area contributed by atoms with Crippen LogP contribution in [0.5, 0.6) is 0 Å². The van der Waals surface area contributed by atoms with E-state index < -0.39 is 0 Å². The molecule has 0 spiro atoms. The quantitative estimate of drug-likeness (QED) is 0.514. The molecule has 0 unspecified atom stereocenters. The predicted octanol–water partition coefficient (Wildman–Crippen LogP) is 1.85. The third-order valence-corrected chi connectivity index (χ3v) is 1.48. The summed E-state index contributed by atoms with van der Waals surface area (Å²) in [5.74, 6) is 0.906. The molecule has 48 valence electrons. The second kappa shape index (κ2) is 2.78. The van der Waals surface area contributed by atoms with Crippen LogP contribution in [0.2, 0.25) is 0 Å². The number of hydrogen-bond donors (Lipinski definition) is 0. The van der Waals surface area contributed by atoms with E-state index in [1.54, 1.807) is 7.11 Å². The molecule has 0 aliphatic heterocycles. The van der Waals surface area contributed by atoms with Gasteiger partial charge in [0, 0.05) is 11.3 Å². The second-order valence-electron chi connectivity index (χ2n) is 1.81. The Labute approximate surface area is 60.0 Å². The van der Waals surface area contributed by atoms with Crippen molar-refractivity contribution in [1.29, 1.82) is 0 Å². The van der Waals surface area contributed by atoms with Gasteiger partial charge >= 0.3 is 0 Å². The van der Waals surface area contributed by atoms with Crippen LogP contribution in [0.25, 0.3) is 0 Å². The van der Waals surface area contributed by atoms with E-state index in [2.05, 4.69) is 0 Å². The maximum Gasteiger partial charge on any atom is 0.115 e. The topological polar surface area (TPSA) is 9.23 Å². The first-order valence-electron chi connectivity index (χ1n) is 2.78. The molecule has 0 N–H and O–H groups in total. The van der Waals surface area contributed by atoms with E-state index in [1.807, 2.05) is 18.2 Å². The predicted molar refractivity (Wildman–Crippen MR) is 41.4 cm³/mol. The summed E-state index contributed by atoms with van der Waals surface area (Å²) in [6, 6.07) is 0. The first kappa shape index (κ1) is 6.49. The highest BCUT2D eigenvalue weighted by atomic mass is 32.1. The van der Waals surface area contributed by atoms with E-state index >= 15 is 0 Å². The molecule has 0 aromatic heterocycles. The van der Waals surface area contributed by atoms with Gasteiger partial charge in [-0.3, -0.25) is 0 Å². The van der Waals surface area contributed by atoms with E-state index in [0.717, 1.165) is 17.0 Å². The lowest BCUT2D eigenvalue weighted by atomic mass is 10.2. The first-order valence-corrected chi connectivity index (χ1v) is 3.19. The van der Waals surface area contributed by atoms with Gasteiger partial charge in [-0.25, -0.2) is 0 Å². The van der Waals surface area contributed by atoms with Crippen LogP contribution in [0, 0.1) is 0 Å². The molecular formula is C7H8OS. The Balaban J connectivity index is 2.63. The molecule has 1 rings (SSSR count). The van der Waals surface area contributed by atoms with Crippen molar-refractivity contribution < 1.29 is 4.74 Å². The molecule has 0 heterocycles. The van der Waals surface area contributed by atoms with Crippen molar-refractivity contribution >= 4 is 17.1 Å². The Hall–Kier alpha value is -0.630. The fourth-order valence-corrected chi connectivity index (χ4v) is 0.815. The van der Waals surface area contributed by atoms with Gasteiger partial charge in [0.1, 0.15) is 5.76 Å². The maximum absolute atomic E-state index is 4.95. The van der Waals surface area contributed by atoms with Gasteiger partial charge in [-0.05, 0) is 18.2 Å². The van der Waals surface area contributed by atoms with Crippen molar-refractivity contribution in [3.05, 3.63) is 24.0 Å². The second-order valence-corrected chi connectivity index (χ2v) is 2.34. The van der Waals surface area contributed by atoms with Crippen LogP contribution in [0.3, 0.4) is 0 Å². The molecule has 1 aliphatic carbocycles. The Morgan fingerprint density at radius 3 is 2.78 bits per heavy atom. The molecule has 2 heteroatoms. The van der Waals surface area contributed by atoms with Crippen LogP contribution in [-0.2, 0) is 4.74 Å². The largest absolute Gasteiger partial charge is 0.497 e. The molecule has 1 nitrogen and oxygen atoms in total. The third kappa shape index (κ3) is 1.64. The van der Waals surface area contributed by atoms with Crippen molar-refractivity contribution in [1.82, 2.24) is 0 Å². The van der Waals surface area contributed by atoms with Crippen molar-refractivity contribution in [3.63, 3.8) is 0 Å². The summed E-state index contributed by atoms with van der Waals surface area (Å²) in [5.41, 5.74) is 0. The monoisotopic (exact) mass is 140 g/mol. The van der Waals surface area contributed by atoms with Crippen LogP contribution in [0.15, 0.2) is 24.0 Å². The maximum atomic E-state index is 4.95. The highest BCUT2D eigenvalue weighted by molar-refractivity contribution is 7.80. The lowest BCUT2D eigenvalue weighted by Gasteiger charge is -2.04. The van der Waals surface area contributed by atoms with Gasteiger partial charge in [-0.1, -0.05) is 12.2 Å². The zero-order chi connectivity index (χ0) is 6.69. The van der Waals surface area contributed by atoms with Crippen LogP contribution >= 0.6 is 12.2 Å². The molecule has 0 bridgehead atoms.